The summed E-state index contributed by atoms with van der Waals surface area (Å²) in [6, 6.07) is 0. The van der Waals surface area contributed by atoms with Gasteiger partial charge in [-0.1, -0.05) is 80.1 Å². The monoisotopic (exact) mass is 283 g/mol. The highest BCUT2D eigenvalue weighted by Crippen LogP contribution is 2.30. The molecule has 1 heteroatoms. The summed E-state index contributed by atoms with van der Waals surface area (Å²) < 4.78 is 0. The van der Waals surface area contributed by atoms with Gasteiger partial charge in [0, 0.05) is 6.54 Å². The average Bonchev–Trinajstić information content (AvgIpc) is 2.37. The zero-order chi connectivity index (χ0) is 15.5. The summed E-state index contributed by atoms with van der Waals surface area (Å²) in [5, 5.41) is 3.73. The van der Waals surface area contributed by atoms with Crippen LogP contribution in [0.1, 0.15) is 99.3 Å². The van der Waals surface area contributed by atoms with Crippen molar-refractivity contribution in [3.63, 3.8) is 0 Å². The molecule has 20 heavy (non-hydrogen) atoms. The summed E-state index contributed by atoms with van der Waals surface area (Å²) in [7, 11) is 0. The highest BCUT2D eigenvalue weighted by molar-refractivity contribution is 4.77. The van der Waals surface area contributed by atoms with Crippen LogP contribution in [0.15, 0.2) is 0 Å². The third kappa shape index (κ3) is 11.8. The molecule has 0 saturated carbocycles. The van der Waals surface area contributed by atoms with Gasteiger partial charge in [-0.2, -0.15) is 0 Å². The second kappa shape index (κ2) is 10.7. The number of hydrogen-bond acceptors (Lipinski definition) is 1. The van der Waals surface area contributed by atoms with E-state index in [1.54, 1.807) is 0 Å². The first-order chi connectivity index (χ1) is 9.33. The van der Waals surface area contributed by atoms with Gasteiger partial charge in [-0.3, -0.25) is 0 Å². The first kappa shape index (κ1) is 20.0. The highest BCUT2D eigenvalue weighted by atomic mass is 14.9. The summed E-state index contributed by atoms with van der Waals surface area (Å²) in [4.78, 5) is 0. The second-order valence-electron chi connectivity index (χ2n) is 8.21. The van der Waals surface area contributed by atoms with Crippen molar-refractivity contribution in [2.45, 2.75) is 99.3 Å². The van der Waals surface area contributed by atoms with Gasteiger partial charge in [0.15, 0.2) is 0 Å². The summed E-state index contributed by atoms with van der Waals surface area (Å²) in [6.45, 7) is 16.5. The lowest BCUT2D eigenvalue weighted by molar-refractivity contribution is 0.236. The quantitative estimate of drug-likeness (QED) is 0.422. The van der Waals surface area contributed by atoms with Crippen molar-refractivity contribution in [2.75, 3.05) is 13.1 Å². The van der Waals surface area contributed by atoms with Gasteiger partial charge in [0.05, 0.1) is 0 Å². The molecular weight excluding hydrogens is 242 g/mol. The van der Waals surface area contributed by atoms with E-state index in [9.17, 15) is 0 Å². The van der Waals surface area contributed by atoms with Gasteiger partial charge in [-0.15, -0.1) is 0 Å². The first-order valence-electron chi connectivity index (χ1n) is 9.04. The predicted octanol–water partition coefficient (Wildman–Crippen LogP) is 6.18. The Morgan fingerprint density at radius 1 is 0.700 bits per heavy atom. The molecule has 0 radical (unpaired) electrons. The largest absolute Gasteiger partial charge is 0.316 e. The van der Waals surface area contributed by atoms with E-state index in [0.29, 0.717) is 10.8 Å². The number of nitrogens with one attached hydrogen (secondary N) is 1. The molecular formula is C19H41N. The van der Waals surface area contributed by atoms with E-state index in [1.807, 2.05) is 0 Å². The summed E-state index contributed by atoms with van der Waals surface area (Å²) in [5.74, 6) is 0. The Hall–Kier alpha value is -0.0400. The van der Waals surface area contributed by atoms with Crippen LogP contribution in [-0.4, -0.2) is 13.1 Å². The molecule has 0 spiro atoms. The minimum Gasteiger partial charge on any atom is -0.316 e. The van der Waals surface area contributed by atoms with Crippen LogP contribution in [0.25, 0.3) is 0 Å². The Kier molecular flexibility index (Phi) is 10.6. The highest BCUT2D eigenvalue weighted by Gasteiger charge is 2.23. The van der Waals surface area contributed by atoms with Crippen LogP contribution >= 0.6 is 0 Å². The van der Waals surface area contributed by atoms with Crippen LogP contribution in [0.4, 0.5) is 0 Å². The molecule has 0 aromatic heterocycles. The molecule has 0 rings (SSSR count). The minimum absolute atomic E-state index is 0.452. The Morgan fingerprint density at radius 2 is 1.30 bits per heavy atom. The lowest BCUT2D eigenvalue weighted by atomic mass is 9.79. The Morgan fingerprint density at radius 3 is 1.85 bits per heavy atom. The van der Waals surface area contributed by atoms with E-state index < -0.39 is 0 Å². The van der Waals surface area contributed by atoms with E-state index in [4.69, 9.17) is 0 Å². The van der Waals surface area contributed by atoms with E-state index in [1.165, 1.54) is 70.9 Å². The molecule has 0 saturated heterocycles. The molecule has 1 N–H and O–H groups in total. The van der Waals surface area contributed by atoms with Gasteiger partial charge < -0.3 is 5.32 Å². The second-order valence-corrected chi connectivity index (χ2v) is 8.21. The van der Waals surface area contributed by atoms with Crippen molar-refractivity contribution in [3.8, 4) is 0 Å². The maximum absolute atomic E-state index is 3.73. The Bertz CT molecular complexity index is 216. The fourth-order valence-corrected chi connectivity index (χ4v) is 2.74. The summed E-state index contributed by atoms with van der Waals surface area (Å²) in [5.41, 5.74) is 0.968. The van der Waals surface area contributed by atoms with Crippen molar-refractivity contribution in [1.82, 2.24) is 5.32 Å². The molecule has 0 bridgehead atoms. The SMILES string of the molecule is CCCCCCC(C)(CCCC)CNCCC(C)(C)C. The van der Waals surface area contributed by atoms with Crippen molar-refractivity contribution >= 4 is 0 Å². The molecule has 1 nitrogen and oxygen atoms in total. The fourth-order valence-electron chi connectivity index (χ4n) is 2.74. The smallest absolute Gasteiger partial charge is 0.000516 e. The van der Waals surface area contributed by atoms with Gasteiger partial charge in [0.1, 0.15) is 0 Å². The summed E-state index contributed by atoms with van der Waals surface area (Å²) in [6.07, 6.45) is 12.3. The van der Waals surface area contributed by atoms with Crippen LogP contribution in [0.3, 0.4) is 0 Å². The fraction of sp³-hybridized carbons (Fsp3) is 1.00. The van der Waals surface area contributed by atoms with Crippen LogP contribution in [0, 0.1) is 10.8 Å². The molecule has 1 atom stereocenters. The van der Waals surface area contributed by atoms with Crippen LogP contribution in [-0.2, 0) is 0 Å². The Labute approximate surface area is 129 Å². The van der Waals surface area contributed by atoms with Gasteiger partial charge in [0.25, 0.3) is 0 Å². The van der Waals surface area contributed by atoms with Gasteiger partial charge in [-0.25, -0.2) is 0 Å². The van der Waals surface area contributed by atoms with E-state index >= 15 is 0 Å². The van der Waals surface area contributed by atoms with Crippen molar-refractivity contribution in [1.29, 1.82) is 0 Å². The zero-order valence-electron chi connectivity index (χ0n) is 15.3. The van der Waals surface area contributed by atoms with E-state index in [2.05, 4.69) is 46.9 Å². The van der Waals surface area contributed by atoms with Gasteiger partial charge in [0.2, 0.25) is 0 Å². The van der Waals surface area contributed by atoms with Crippen LogP contribution < -0.4 is 5.32 Å². The normalized spacial score (nSPS) is 15.3. The number of rotatable bonds is 12. The predicted molar refractivity (Wildman–Crippen MR) is 93.3 cm³/mol. The van der Waals surface area contributed by atoms with Crippen molar-refractivity contribution in [3.05, 3.63) is 0 Å². The third-order valence-electron chi connectivity index (χ3n) is 4.37. The lowest BCUT2D eigenvalue weighted by Crippen LogP contribution is -2.33. The standard InChI is InChI=1S/C19H41N/c1-7-9-11-12-14-19(6,13-10-8-2)17-20-16-15-18(3,4)5/h20H,7-17H2,1-6H3. The molecule has 0 aliphatic rings. The maximum atomic E-state index is 3.73. The van der Waals surface area contributed by atoms with Gasteiger partial charge >= 0.3 is 0 Å². The van der Waals surface area contributed by atoms with Crippen molar-refractivity contribution in [2.24, 2.45) is 10.8 Å². The minimum atomic E-state index is 0.452. The molecule has 0 amide bonds. The molecule has 122 valence electrons. The van der Waals surface area contributed by atoms with E-state index in [0.717, 1.165) is 0 Å². The first-order valence-corrected chi connectivity index (χ1v) is 9.04. The zero-order valence-corrected chi connectivity index (χ0v) is 15.3. The van der Waals surface area contributed by atoms with Gasteiger partial charge in [-0.05, 0) is 36.6 Å². The van der Waals surface area contributed by atoms with E-state index in [-0.39, 0.29) is 0 Å². The number of unbranched alkanes of at least 4 members (excludes halogenated alkanes) is 4. The maximum Gasteiger partial charge on any atom is 0.000516 e. The molecule has 0 aromatic carbocycles. The van der Waals surface area contributed by atoms with Crippen molar-refractivity contribution < 1.29 is 0 Å². The molecule has 0 aliphatic carbocycles. The topological polar surface area (TPSA) is 12.0 Å². The molecule has 0 aromatic rings. The third-order valence-corrected chi connectivity index (χ3v) is 4.37. The average molecular weight is 284 g/mol. The molecule has 0 fully saturated rings. The Balaban J connectivity index is 4.04. The molecule has 0 heterocycles. The molecule has 0 aliphatic heterocycles. The summed E-state index contributed by atoms with van der Waals surface area (Å²) >= 11 is 0. The number of hydrogen-bond donors (Lipinski definition) is 1. The van der Waals surface area contributed by atoms with Crippen LogP contribution in [0.5, 0.6) is 0 Å². The lowest BCUT2D eigenvalue weighted by Gasteiger charge is -2.31. The molecule has 1 unspecified atom stereocenters. The van der Waals surface area contributed by atoms with Crippen LogP contribution in [0.2, 0.25) is 0 Å².